The second-order valence-electron chi connectivity index (χ2n) is 5.23. The third-order valence-electron chi connectivity index (χ3n) is 3.42. The first-order chi connectivity index (χ1) is 10.8. The fraction of sp³-hybridized carbons (Fsp3) is 0.429. The van der Waals surface area contributed by atoms with Gasteiger partial charge in [0.15, 0.2) is 5.82 Å². The van der Waals surface area contributed by atoms with Crippen molar-refractivity contribution in [3.8, 4) is 0 Å². The quantitative estimate of drug-likeness (QED) is 0.792. The first-order valence-corrected chi connectivity index (χ1v) is 9.49. The number of aromatic nitrogens is 1. The second-order valence-corrected chi connectivity index (χ2v) is 8.12. The number of amides is 1. The lowest BCUT2D eigenvalue weighted by Gasteiger charge is -2.22. The van der Waals surface area contributed by atoms with E-state index in [0.29, 0.717) is 12.2 Å². The minimum atomic E-state index is -3.74. The lowest BCUT2D eigenvalue weighted by Crippen LogP contribution is -2.47. The van der Waals surface area contributed by atoms with Gasteiger partial charge in [-0.15, -0.1) is 11.3 Å². The summed E-state index contributed by atoms with van der Waals surface area (Å²) >= 11 is 1.10. The lowest BCUT2D eigenvalue weighted by molar-refractivity contribution is -0.118. The standard InChI is InChI=1S/C14H19N3O4S2/c1-4-9(2)13(14(18)15-11-8-10(3)21-16-11)17-23(19,20)12-6-5-7-22-12/h5-9,13,17H,4H2,1-3H3,(H,15,16,18)/t9?,13-/m0/s1. The van der Waals surface area contributed by atoms with Gasteiger partial charge >= 0.3 is 0 Å². The number of nitrogens with one attached hydrogen (secondary N) is 2. The number of sulfonamides is 1. The summed E-state index contributed by atoms with van der Waals surface area (Å²) in [5.74, 6) is 0.168. The van der Waals surface area contributed by atoms with Crippen molar-refractivity contribution in [1.29, 1.82) is 0 Å². The van der Waals surface area contributed by atoms with Crippen LogP contribution in [0.5, 0.6) is 0 Å². The van der Waals surface area contributed by atoms with E-state index >= 15 is 0 Å². The van der Waals surface area contributed by atoms with Gasteiger partial charge in [-0.25, -0.2) is 8.42 Å². The van der Waals surface area contributed by atoms with Crippen molar-refractivity contribution in [3.05, 3.63) is 29.3 Å². The molecule has 2 heterocycles. The molecule has 0 fully saturated rings. The molecule has 0 saturated heterocycles. The molecule has 2 rings (SSSR count). The SMILES string of the molecule is CCC(C)[C@H](NS(=O)(=O)c1cccs1)C(=O)Nc1cc(C)on1. The third-order valence-corrected chi connectivity index (χ3v) is 6.26. The van der Waals surface area contributed by atoms with Crippen LogP contribution < -0.4 is 10.0 Å². The van der Waals surface area contributed by atoms with Crippen LogP contribution in [0.3, 0.4) is 0 Å². The van der Waals surface area contributed by atoms with E-state index in [-0.39, 0.29) is 15.9 Å². The Bertz CT molecular complexity index is 753. The molecule has 0 saturated carbocycles. The molecule has 1 amide bonds. The fourth-order valence-electron chi connectivity index (χ4n) is 1.93. The molecule has 2 N–H and O–H groups in total. The van der Waals surface area contributed by atoms with Gasteiger partial charge in [-0.2, -0.15) is 4.72 Å². The first kappa shape index (κ1) is 17.6. The highest BCUT2D eigenvalue weighted by atomic mass is 32.2. The van der Waals surface area contributed by atoms with Crippen LogP contribution in [0, 0.1) is 12.8 Å². The Morgan fingerprint density at radius 1 is 1.48 bits per heavy atom. The number of rotatable bonds is 7. The highest BCUT2D eigenvalue weighted by Gasteiger charge is 2.30. The zero-order chi connectivity index (χ0) is 17.0. The van der Waals surface area contributed by atoms with E-state index in [2.05, 4.69) is 15.2 Å². The average molecular weight is 357 g/mol. The fourth-order valence-corrected chi connectivity index (χ4v) is 4.25. The molecule has 0 aliphatic carbocycles. The summed E-state index contributed by atoms with van der Waals surface area (Å²) in [6.45, 7) is 5.41. The van der Waals surface area contributed by atoms with E-state index in [4.69, 9.17) is 4.52 Å². The third kappa shape index (κ3) is 4.40. The summed E-state index contributed by atoms with van der Waals surface area (Å²) in [4.78, 5) is 12.5. The van der Waals surface area contributed by atoms with Crippen molar-refractivity contribution in [2.45, 2.75) is 37.4 Å². The van der Waals surface area contributed by atoms with E-state index in [1.54, 1.807) is 24.4 Å². The summed E-state index contributed by atoms with van der Waals surface area (Å²) < 4.78 is 32.3. The molecular weight excluding hydrogens is 338 g/mol. The maximum atomic E-state index is 12.5. The minimum absolute atomic E-state index is 0.177. The molecule has 23 heavy (non-hydrogen) atoms. The molecule has 0 aliphatic heterocycles. The number of carbonyl (C=O) groups excluding carboxylic acids is 1. The molecule has 0 spiro atoms. The summed E-state index contributed by atoms with van der Waals surface area (Å²) in [5, 5.41) is 7.94. The van der Waals surface area contributed by atoms with Gasteiger partial charge in [0.1, 0.15) is 16.0 Å². The van der Waals surface area contributed by atoms with Crippen LogP contribution in [0.15, 0.2) is 32.3 Å². The van der Waals surface area contributed by atoms with Crippen LogP contribution in [0.1, 0.15) is 26.0 Å². The summed E-state index contributed by atoms with van der Waals surface area (Å²) in [5.41, 5.74) is 0. The second kappa shape index (κ2) is 7.24. The largest absolute Gasteiger partial charge is 0.360 e. The first-order valence-electron chi connectivity index (χ1n) is 7.13. The Hall–Kier alpha value is -1.71. The Labute approximate surface area is 139 Å². The maximum Gasteiger partial charge on any atom is 0.250 e. The zero-order valence-electron chi connectivity index (χ0n) is 13.1. The number of anilines is 1. The number of hydrogen-bond donors (Lipinski definition) is 2. The zero-order valence-corrected chi connectivity index (χ0v) is 14.7. The molecule has 2 aromatic rings. The number of hydrogen-bond acceptors (Lipinski definition) is 6. The number of nitrogens with zero attached hydrogens (tertiary/aromatic N) is 1. The van der Waals surface area contributed by atoms with E-state index < -0.39 is 22.0 Å². The predicted molar refractivity (Wildman–Crippen MR) is 87.8 cm³/mol. The van der Waals surface area contributed by atoms with Gasteiger partial charge in [-0.1, -0.05) is 31.5 Å². The highest BCUT2D eigenvalue weighted by Crippen LogP contribution is 2.19. The van der Waals surface area contributed by atoms with E-state index in [1.165, 1.54) is 6.07 Å². The molecule has 9 heteroatoms. The van der Waals surface area contributed by atoms with Crippen LogP contribution >= 0.6 is 11.3 Å². The minimum Gasteiger partial charge on any atom is -0.360 e. The lowest BCUT2D eigenvalue weighted by atomic mass is 9.99. The van der Waals surface area contributed by atoms with Gasteiger partial charge < -0.3 is 9.84 Å². The van der Waals surface area contributed by atoms with Crippen molar-refractivity contribution in [2.24, 2.45) is 5.92 Å². The Kier molecular flexibility index (Phi) is 5.55. The van der Waals surface area contributed by atoms with Gasteiger partial charge in [0.25, 0.3) is 10.0 Å². The molecule has 0 bridgehead atoms. The van der Waals surface area contributed by atoms with Gasteiger partial charge in [-0.05, 0) is 24.3 Å². The number of carbonyl (C=O) groups is 1. The summed E-state index contributed by atoms with van der Waals surface area (Å²) in [7, 11) is -3.74. The predicted octanol–water partition coefficient (Wildman–Crippen LogP) is 2.38. The van der Waals surface area contributed by atoms with Crippen LogP contribution in [0.2, 0.25) is 0 Å². The molecule has 2 aromatic heterocycles. The maximum absolute atomic E-state index is 12.5. The van der Waals surface area contributed by atoms with E-state index in [9.17, 15) is 13.2 Å². The Morgan fingerprint density at radius 3 is 2.74 bits per heavy atom. The van der Waals surface area contributed by atoms with Crippen molar-refractivity contribution in [3.63, 3.8) is 0 Å². The molecule has 1 unspecified atom stereocenters. The van der Waals surface area contributed by atoms with Crippen LogP contribution in [0.4, 0.5) is 5.82 Å². The molecular formula is C14H19N3O4S2. The van der Waals surface area contributed by atoms with Crippen LogP contribution in [-0.2, 0) is 14.8 Å². The molecule has 0 aliphatic rings. The summed E-state index contributed by atoms with van der Waals surface area (Å²) in [6, 6.07) is 3.82. The normalized spacial score (nSPS) is 14.4. The van der Waals surface area contributed by atoms with Crippen molar-refractivity contribution in [1.82, 2.24) is 9.88 Å². The number of aryl methyl sites for hydroxylation is 1. The van der Waals surface area contributed by atoms with Gasteiger partial charge in [-0.3, -0.25) is 4.79 Å². The molecule has 2 atom stereocenters. The molecule has 126 valence electrons. The topological polar surface area (TPSA) is 101 Å². The molecule has 0 aromatic carbocycles. The Morgan fingerprint density at radius 2 is 2.22 bits per heavy atom. The van der Waals surface area contributed by atoms with E-state index in [0.717, 1.165) is 11.3 Å². The average Bonchev–Trinajstić information content (AvgIpc) is 3.16. The van der Waals surface area contributed by atoms with Crippen LogP contribution in [0.25, 0.3) is 0 Å². The molecule has 0 radical (unpaired) electrons. The smallest absolute Gasteiger partial charge is 0.250 e. The highest BCUT2D eigenvalue weighted by molar-refractivity contribution is 7.91. The number of thiophene rings is 1. The van der Waals surface area contributed by atoms with Gasteiger partial charge in [0, 0.05) is 6.07 Å². The van der Waals surface area contributed by atoms with Crippen molar-refractivity contribution >= 4 is 33.1 Å². The summed E-state index contributed by atoms with van der Waals surface area (Å²) in [6.07, 6.45) is 0.642. The van der Waals surface area contributed by atoms with Crippen molar-refractivity contribution < 1.29 is 17.7 Å². The monoisotopic (exact) mass is 357 g/mol. The van der Waals surface area contributed by atoms with Crippen molar-refractivity contribution in [2.75, 3.05) is 5.32 Å². The van der Waals surface area contributed by atoms with Gasteiger partial charge in [0.05, 0.1) is 0 Å². The van der Waals surface area contributed by atoms with Gasteiger partial charge in [0.2, 0.25) is 5.91 Å². The Balaban J connectivity index is 2.18. The van der Waals surface area contributed by atoms with E-state index in [1.807, 2.05) is 13.8 Å². The molecule has 7 nitrogen and oxygen atoms in total. The van der Waals surface area contributed by atoms with Crippen LogP contribution in [-0.4, -0.2) is 25.5 Å².